The Balaban J connectivity index is 1.57. The maximum Gasteiger partial charge on any atom is 0.163 e. The van der Waals surface area contributed by atoms with Gasteiger partial charge in [-0.3, -0.25) is 0 Å². The van der Waals surface area contributed by atoms with Crippen molar-refractivity contribution in [3.05, 3.63) is 22.6 Å². The van der Waals surface area contributed by atoms with Crippen LogP contribution in [-0.4, -0.2) is 24.0 Å². The maximum atomic E-state index is 8.99. The lowest BCUT2D eigenvalue weighted by atomic mass is 9.43. The second kappa shape index (κ2) is 6.00. The van der Waals surface area contributed by atoms with Crippen molar-refractivity contribution >= 4 is 0 Å². The molecule has 0 N–H and O–H groups in total. The van der Waals surface area contributed by atoms with Crippen LogP contribution < -0.4 is 0 Å². The molecule has 0 aromatic heterocycles. The highest BCUT2D eigenvalue weighted by Gasteiger charge is 2.67. The van der Waals surface area contributed by atoms with E-state index in [0.717, 1.165) is 19.3 Å². The third-order valence-electron chi connectivity index (χ3n) is 9.68. The van der Waals surface area contributed by atoms with E-state index < -0.39 is 5.79 Å². The molecule has 5 rings (SSSR count). The van der Waals surface area contributed by atoms with E-state index in [2.05, 4.69) is 44.3 Å². The minimum atomic E-state index is -0.528. The first-order valence-corrected chi connectivity index (χ1v) is 11.3. The molecule has 5 aliphatic rings. The molecule has 0 aromatic rings. The molecule has 0 amide bonds. The zero-order chi connectivity index (χ0) is 19.9. The highest BCUT2D eigenvalue weighted by Crippen LogP contribution is 2.69. The van der Waals surface area contributed by atoms with Gasteiger partial charge in [0.25, 0.3) is 0 Å². The Kier molecular flexibility index (Phi) is 4.06. The van der Waals surface area contributed by atoms with Crippen LogP contribution in [0.1, 0.15) is 72.6 Å². The Morgan fingerprint density at radius 3 is 2.50 bits per heavy atom. The maximum absolute atomic E-state index is 8.99. The Bertz CT molecular complexity index is 744. The number of azide groups is 1. The van der Waals surface area contributed by atoms with E-state index in [1.807, 2.05) is 0 Å². The lowest BCUT2D eigenvalue weighted by Crippen LogP contribution is -2.63. The summed E-state index contributed by atoms with van der Waals surface area (Å²) in [5.74, 6) is 1.78. The Labute approximate surface area is 168 Å². The second-order valence-electron chi connectivity index (χ2n) is 11.2. The Morgan fingerprint density at radius 2 is 1.75 bits per heavy atom. The van der Waals surface area contributed by atoms with Crippen LogP contribution in [0.2, 0.25) is 0 Å². The van der Waals surface area contributed by atoms with Gasteiger partial charge < -0.3 is 9.47 Å². The molecular formula is C23H35N3O2. The van der Waals surface area contributed by atoms with E-state index in [9.17, 15) is 0 Å². The van der Waals surface area contributed by atoms with Crippen LogP contribution in [0.3, 0.4) is 0 Å². The van der Waals surface area contributed by atoms with Crippen LogP contribution in [0.4, 0.5) is 0 Å². The highest BCUT2D eigenvalue weighted by molar-refractivity contribution is 5.24. The van der Waals surface area contributed by atoms with Gasteiger partial charge in [-0.15, -0.1) is 0 Å². The van der Waals surface area contributed by atoms with Gasteiger partial charge in [0.1, 0.15) is 0 Å². The molecule has 4 aliphatic carbocycles. The smallest absolute Gasteiger partial charge is 0.163 e. The van der Waals surface area contributed by atoms with Crippen molar-refractivity contribution in [2.75, 3.05) is 0 Å². The number of rotatable bonds is 1. The van der Waals surface area contributed by atoms with Crippen molar-refractivity contribution in [2.24, 2.45) is 39.6 Å². The lowest BCUT2D eigenvalue weighted by molar-refractivity contribution is -0.173. The monoisotopic (exact) mass is 385 g/mol. The molecule has 28 heavy (non-hydrogen) atoms. The van der Waals surface area contributed by atoms with E-state index >= 15 is 0 Å². The molecule has 1 aliphatic heterocycles. The van der Waals surface area contributed by atoms with Crippen LogP contribution in [-0.2, 0) is 9.47 Å². The first-order chi connectivity index (χ1) is 13.2. The molecular weight excluding hydrogens is 350 g/mol. The van der Waals surface area contributed by atoms with E-state index in [1.165, 1.54) is 31.3 Å². The molecule has 4 unspecified atom stereocenters. The zero-order valence-corrected chi connectivity index (χ0v) is 17.9. The highest BCUT2D eigenvalue weighted by atomic mass is 16.8. The standard InChI is InChI=1S/C23H35N3O2/c1-13-6-7-15-18-16(9-11-22(13,15)4)23(5)10-8-14(25-26-24)12-17(23)19-20(18)28-21(2,3)27-19/h14-20H,1,6-12H2,2-5H3/t14-,15?,16?,17?,18?,19-,20-,22-,23-/m1/s1. The minimum Gasteiger partial charge on any atom is -0.344 e. The van der Waals surface area contributed by atoms with Crippen molar-refractivity contribution < 1.29 is 9.47 Å². The molecule has 0 spiro atoms. The quantitative estimate of drug-likeness (QED) is 0.240. The van der Waals surface area contributed by atoms with Crippen LogP contribution in [0.15, 0.2) is 17.3 Å². The fraction of sp³-hybridized carbons (Fsp3) is 0.913. The van der Waals surface area contributed by atoms with E-state index in [0.29, 0.717) is 23.7 Å². The van der Waals surface area contributed by atoms with Crippen LogP contribution in [0, 0.1) is 34.5 Å². The topological polar surface area (TPSA) is 67.2 Å². The summed E-state index contributed by atoms with van der Waals surface area (Å²) < 4.78 is 13.2. The summed E-state index contributed by atoms with van der Waals surface area (Å²) in [7, 11) is 0. The van der Waals surface area contributed by atoms with Gasteiger partial charge in [0.2, 0.25) is 0 Å². The van der Waals surface area contributed by atoms with Crippen molar-refractivity contribution in [1.29, 1.82) is 0 Å². The fourth-order valence-corrected chi connectivity index (χ4v) is 8.25. The molecule has 154 valence electrons. The number of nitrogens with zero attached hydrogens (tertiary/aromatic N) is 3. The van der Waals surface area contributed by atoms with Gasteiger partial charge >= 0.3 is 0 Å². The molecule has 0 aromatic carbocycles. The molecule has 0 radical (unpaired) electrons. The fourth-order valence-electron chi connectivity index (χ4n) is 8.25. The van der Waals surface area contributed by atoms with Crippen molar-refractivity contribution in [1.82, 2.24) is 0 Å². The lowest BCUT2D eigenvalue weighted by Gasteiger charge is -2.63. The summed E-state index contributed by atoms with van der Waals surface area (Å²) in [6, 6.07) is 0.104. The van der Waals surface area contributed by atoms with Gasteiger partial charge in [-0.1, -0.05) is 31.1 Å². The van der Waals surface area contributed by atoms with Crippen molar-refractivity contribution in [2.45, 2.75) is 96.7 Å². The molecule has 0 bridgehead atoms. The van der Waals surface area contributed by atoms with Gasteiger partial charge in [0.05, 0.1) is 12.2 Å². The predicted molar refractivity (Wildman–Crippen MR) is 108 cm³/mol. The molecule has 5 nitrogen and oxygen atoms in total. The number of ether oxygens (including phenoxy) is 2. The summed E-state index contributed by atoms with van der Waals surface area (Å²) in [4.78, 5) is 3.12. The van der Waals surface area contributed by atoms with Crippen LogP contribution in [0.5, 0.6) is 0 Å². The Hall–Kier alpha value is -1.03. The van der Waals surface area contributed by atoms with Gasteiger partial charge in [0.15, 0.2) is 5.79 Å². The van der Waals surface area contributed by atoms with Gasteiger partial charge in [-0.25, -0.2) is 0 Å². The summed E-state index contributed by atoms with van der Waals surface area (Å²) >= 11 is 0. The third-order valence-corrected chi connectivity index (χ3v) is 9.68. The first-order valence-electron chi connectivity index (χ1n) is 11.3. The molecule has 5 heteroatoms. The zero-order valence-electron chi connectivity index (χ0n) is 17.9. The van der Waals surface area contributed by atoms with E-state index in [1.54, 1.807) is 0 Å². The molecule has 1 saturated heterocycles. The largest absolute Gasteiger partial charge is 0.344 e. The summed E-state index contributed by atoms with van der Waals surface area (Å²) in [6.07, 6.45) is 8.34. The van der Waals surface area contributed by atoms with Crippen LogP contribution >= 0.6 is 0 Å². The summed E-state index contributed by atoms with van der Waals surface area (Å²) in [6.45, 7) is 13.6. The number of fused-ring (bicyclic) bond motifs is 8. The summed E-state index contributed by atoms with van der Waals surface area (Å²) in [5.41, 5.74) is 11.0. The van der Waals surface area contributed by atoms with E-state index in [4.69, 9.17) is 15.0 Å². The first kappa shape index (κ1) is 19.0. The Morgan fingerprint density at radius 1 is 1.00 bits per heavy atom. The van der Waals surface area contributed by atoms with Crippen molar-refractivity contribution in [3.63, 3.8) is 0 Å². The van der Waals surface area contributed by atoms with Gasteiger partial charge in [0, 0.05) is 11.0 Å². The number of hydrogen-bond donors (Lipinski definition) is 0. The normalized spacial score (nSPS) is 54.1. The SMILES string of the molecule is C=C1CCC2C3C(CC[C@]12C)[C@@]1(C)CC[C@@H](N=[N+]=[N-])CC1[C@H]1OC(C)(C)O[C@H]31. The number of hydrogen-bond acceptors (Lipinski definition) is 3. The minimum absolute atomic E-state index is 0.104. The average Bonchev–Trinajstić information content (AvgIpc) is 3.12. The van der Waals surface area contributed by atoms with Gasteiger partial charge in [-0.2, -0.15) is 0 Å². The average molecular weight is 386 g/mol. The molecule has 1 heterocycles. The molecule has 5 fully saturated rings. The third kappa shape index (κ3) is 2.42. The second-order valence-corrected chi connectivity index (χ2v) is 11.2. The molecule has 4 saturated carbocycles. The molecule has 9 atom stereocenters. The predicted octanol–water partition coefficient (Wildman–Crippen LogP) is 6.00. The van der Waals surface area contributed by atoms with E-state index in [-0.39, 0.29) is 29.1 Å². The van der Waals surface area contributed by atoms with Crippen molar-refractivity contribution in [3.8, 4) is 0 Å². The number of allylic oxidation sites excluding steroid dienone is 1. The van der Waals surface area contributed by atoms with Crippen LogP contribution in [0.25, 0.3) is 10.4 Å². The summed E-state index contributed by atoms with van der Waals surface area (Å²) in [5, 5.41) is 4.11. The van der Waals surface area contributed by atoms with Gasteiger partial charge in [-0.05, 0) is 98.8 Å².